The lowest BCUT2D eigenvalue weighted by molar-refractivity contribution is 0.711. The molecule has 0 aliphatic carbocycles. The fraction of sp³-hybridized carbons (Fsp3) is 0.217. The molecule has 0 aromatic heterocycles. The van der Waals surface area contributed by atoms with E-state index in [1.165, 1.54) is 21.9 Å². The van der Waals surface area contributed by atoms with E-state index in [4.69, 9.17) is 0 Å². The summed E-state index contributed by atoms with van der Waals surface area (Å²) in [7, 11) is -0.469. The first-order chi connectivity index (χ1) is 12.5. The lowest BCUT2D eigenvalue weighted by Crippen LogP contribution is -2.41. The van der Waals surface area contributed by atoms with Crippen molar-refractivity contribution in [1.29, 1.82) is 0 Å². The van der Waals surface area contributed by atoms with Gasteiger partial charge in [-0.15, -0.1) is 0 Å². The lowest BCUT2D eigenvalue weighted by atomic mass is 10.1. The molecule has 0 saturated heterocycles. The minimum absolute atomic E-state index is 0.0218. The van der Waals surface area contributed by atoms with Crippen molar-refractivity contribution in [3.05, 3.63) is 90.5 Å². The Morgan fingerprint density at radius 2 is 1.23 bits per heavy atom. The zero-order chi connectivity index (χ0) is 18.6. The van der Waals surface area contributed by atoms with Crippen molar-refractivity contribution in [3.8, 4) is 0 Å². The van der Waals surface area contributed by atoms with Crippen molar-refractivity contribution in [3.63, 3.8) is 0 Å². The van der Waals surface area contributed by atoms with Crippen molar-refractivity contribution >= 4 is 46.8 Å². The summed E-state index contributed by atoms with van der Waals surface area (Å²) in [5.74, 6) is 0. The second kappa shape index (κ2) is 8.54. The maximum absolute atomic E-state index is 2.57. The Morgan fingerprint density at radius 1 is 0.769 bits per heavy atom. The molecular formula is C23H25INP. The van der Waals surface area contributed by atoms with E-state index in [1.54, 1.807) is 0 Å². The second-order valence-electron chi connectivity index (χ2n) is 6.86. The zero-order valence-electron chi connectivity index (χ0n) is 15.6. The molecule has 0 spiro atoms. The van der Waals surface area contributed by atoms with Crippen LogP contribution in [0.15, 0.2) is 84.9 Å². The normalized spacial score (nSPS) is 11.6. The van der Waals surface area contributed by atoms with Crippen LogP contribution in [0.2, 0.25) is 0 Å². The third-order valence-corrected chi connectivity index (χ3v) is 7.46. The maximum Gasteiger partial charge on any atom is 0.0865 e. The summed E-state index contributed by atoms with van der Waals surface area (Å²) in [4.78, 5) is 2.56. The molecular weight excluding hydrogens is 448 g/mol. The van der Waals surface area contributed by atoms with Crippen LogP contribution in [0, 0.1) is 6.92 Å². The Bertz CT molecular complexity index is 788. The summed E-state index contributed by atoms with van der Waals surface area (Å²) < 4.78 is 0.0218. The van der Waals surface area contributed by atoms with Crippen molar-refractivity contribution in [1.82, 2.24) is 0 Å². The van der Waals surface area contributed by atoms with E-state index in [0.29, 0.717) is 0 Å². The van der Waals surface area contributed by atoms with E-state index < -0.39 is 7.92 Å². The van der Waals surface area contributed by atoms with Gasteiger partial charge in [0.2, 0.25) is 0 Å². The molecule has 3 aromatic rings. The van der Waals surface area contributed by atoms with Crippen LogP contribution < -0.4 is 15.5 Å². The molecule has 0 fully saturated rings. The molecule has 0 bridgehead atoms. The average molecular weight is 473 g/mol. The number of benzene rings is 3. The molecule has 0 aliphatic heterocycles. The molecule has 1 nitrogen and oxygen atoms in total. The number of hydrogen-bond donors (Lipinski definition) is 0. The number of rotatable bonds is 6. The summed E-state index contributed by atoms with van der Waals surface area (Å²) in [6.07, 6.45) is 1.00. The Morgan fingerprint density at radius 3 is 1.69 bits per heavy atom. The molecule has 0 atom stereocenters. The largest absolute Gasteiger partial charge is 0.353 e. The van der Waals surface area contributed by atoms with Crippen LogP contribution in [0.4, 0.5) is 5.69 Å². The van der Waals surface area contributed by atoms with Crippen molar-refractivity contribution in [2.75, 3.05) is 11.2 Å². The van der Waals surface area contributed by atoms with Gasteiger partial charge in [-0.25, -0.2) is 0 Å². The highest BCUT2D eigenvalue weighted by atomic mass is 127. The predicted octanol–water partition coefficient (Wildman–Crippen LogP) is 6.06. The predicted molar refractivity (Wildman–Crippen MR) is 126 cm³/mol. The highest BCUT2D eigenvalue weighted by molar-refractivity contribution is 14.1. The molecule has 3 heteroatoms. The van der Waals surface area contributed by atoms with E-state index in [1.807, 2.05) is 0 Å². The van der Waals surface area contributed by atoms with Gasteiger partial charge < -0.3 is 4.90 Å². The van der Waals surface area contributed by atoms with E-state index in [2.05, 4.69) is 133 Å². The van der Waals surface area contributed by atoms with Gasteiger partial charge in [0.15, 0.2) is 0 Å². The van der Waals surface area contributed by atoms with Crippen molar-refractivity contribution in [2.24, 2.45) is 0 Å². The van der Waals surface area contributed by atoms with E-state index >= 15 is 0 Å². The third kappa shape index (κ3) is 4.66. The summed E-state index contributed by atoms with van der Waals surface area (Å²) >= 11 is 2.57. The summed E-state index contributed by atoms with van der Waals surface area (Å²) in [5.41, 5.74) is 2.65. The lowest BCUT2D eigenvalue weighted by Gasteiger charge is -2.40. The molecule has 0 heterocycles. The van der Waals surface area contributed by atoms with Gasteiger partial charge in [-0.2, -0.15) is 0 Å². The minimum atomic E-state index is -0.469. The van der Waals surface area contributed by atoms with Crippen molar-refractivity contribution < 1.29 is 0 Å². The number of aryl methyl sites for hydroxylation is 1. The van der Waals surface area contributed by atoms with Crippen LogP contribution in [0.3, 0.4) is 0 Å². The van der Waals surface area contributed by atoms with E-state index in [9.17, 15) is 0 Å². The van der Waals surface area contributed by atoms with Crippen LogP contribution in [0.25, 0.3) is 0 Å². The van der Waals surface area contributed by atoms with Crippen LogP contribution in [0.1, 0.15) is 19.4 Å². The molecule has 0 saturated carbocycles. The van der Waals surface area contributed by atoms with Gasteiger partial charge in [-0.05, 0) is 50.9 Å². The monoisotopic (exact) mass is 473 g/mol. The van der Waals surface area contributed by atoms with Gasteiger partial charge in [0.1, 0.15) is 0 Å². The molecule has 26 heavy (non-hydrogen) atoms. The van der Waals surface area contributed by atoms with Crippen LogP contribution >= 0.6 is 30.5 Å². The van der Waals surface area contributed by atoms with Crippen LogP contribution in [-0.4, -0.2) is 9.83 Å². The summed E-state index contributed by atoms with van der Waals surface area (Å²) in [6.45, 7) is 6.80. The second-order valence-corrected chi connectivity index (χ2v) is 11.7. The number of hydrogen-bond acceptors (Lipinski definition) is 1. The average Bonchev–Trinajstić information content (AvgIpc) is 2.64. The molecule has 0 aliphatic rings. The molecule has 0 N–H and O–H groups in total. The number of anilines is 1. The molecule has 134 valence electrons. The first kappa shape index (κ1) is 19.4. The first-order valence-electron chi connectivity index (χ1n) is 8.86. The topological polar surface area (TPSA) is 3.24 Å². The molecule has 0 radical (unpaired) electrons. The number of alkyl halides is 1. The Hall–Kier alpha value is -1.38. The van der Waals surface area contributed by atoms with Crippen LogP contribution in [-0.2, 0) is 0 Å². The third-order valence-electron chi connectivity index (χ3n) is 4.47. The Kier molecular flexibility index (Phi) is 6.37. The molecule has 3 rings (SSSR count). The van der Waals surface area contributed by atoms with Crippen LogP contribution in [0.5, 0.6) is 0 Å². The molecule has 0 unspecified atom stereocenters. The van der Waals surface area contributed by atoms with Gasteiger partial charge in [-0.3, -0.25) is 0 Å². The van der Waals surface area contributed by atoms with Gasteiger partial charge in [-0.1, -0.05) is 101 Å². The standard InChI is InChI=1S/C23H25INP/c1-19-12-10-11-17-22(19)25(23(2,3)24)18-26(20-13-6-4-7-14-20)21-15-8-5-9-16-21/h4-17H,18H2,1-3H3. The Labute approximate surface area is 172 Å². The smallest absolute Gasteiger partial charge is 0.0865 e. The van der Waals surface area contributed by atoms with Gasteiger partial charge in [0.25, 0.3) is 0 Å². The number of para-hydroxylation sites is 1. The minimum Gasteiger partial charge on any atom is -0.353 e. The highest BCUT2D eigenvalue weighted by Crippen LogP contribution is 2.41. The number of halogens is 1. The summed E-state index contributed by atoms with van der Waals surface area (Å²) in [6, 6.07) is 30.6. The SMILES string of the molecule is Cc1ccccc1N(CP(c1ccccc1)c1ccccc1)C(C)(C)I. The van der Waals surface area contributed by atoms with Crippen molar-refractivity contribution in [2.45, 2.75) is 24.3 Å². The highest BCUT2D eigenvalue weighted by Gasteiger charge is 2.28. The maximum atomic E-state index is 2.57. The summed E-state index contributed by atoms with van der Waals surface area (Å²) in [5, 5.41) is 2.85. The fourth-order valence-electron chi connectivity index (χ4n) is 3.07. The first-order valence-corrected chi connectivity index (χ1v) is 11.5. The van der Waals surface area contributed by atoms with E-state index in [-0.39, 0.29) is 3.55 Å². The van der Waals surface area contributed by atoms with Gasteiger partial charge in [0.05, 0.1) is 3.55 Å². The number of nitrogens with zero attached hydrogens (tertiary/aromatic N) is 1. The zero-order valence-corrected chi connectivity index (χ0v) is 18.6. The molecule has 0 amide bonds. The van der Waals surface area contributed by atoms with Gasteiger partial charge >= 0.3 is 0 Å². The quantitative estimate of drug-likeness (QED) is 0.182. The fourth-order valence-corrected chi connectivity index (χ4v) is 6.24. The molecule has 3 aromatic carbocycles. The Balaban J connectivity index is 2.05. The van der Waals surface area contributed by atoms with E-state index in [0.717, 1.165) is 6.29 Å². The van der Waals surface area contributed by atoms with Gasteiger partial charge in [0, 0.05) is 12.0 Å².